The van der Waals surface area contributed by atoms with Gasteiger partial charge in [0.25, 0.3) is 0 Å². The van der Waals surface area contributed by atoms with Gasteiger partial charge >= 0.3 is 43.6 Å². The number of halogens is 13. The van der Waals surface area contributed by atoms with E-state index in [0.29, 0.717) is 0 Å². The Bertz CT molecular complexity index is 551. The van der Waals surface area contributed by atoms with Crippen LogP contribution in [0.4, 0.5) is 57.1 Å². The molecule has 0 saturated heterocycles. The van der Waals surface area contributed by atoms with Gasteiger partial charge in [0, 0.05) is 6.42 Å². The van der Waals surface area contributed by atoms with Crippen molar-refractivity contribution in [3.05, 3.63) is 0 Å². The monoisotopic (exact) mass is 444 g/mol. The van der Waals surface area contributed by atoms with Crippen molar-refractivity contribution in [1.82, 2.24) is 0 Å². The van der Waals surface area contributed by atoms with E-state index in [9.17, 15) is 61.6 Å². The second-order valence-corrected chi connectivity index (χ2v) is 5.81. The summed E-state index contributed by atoms with van der Waals surface area (Å²) in [6.45, 7) is -2.16. The van der Waals surface area contributed by atoms with Crippen molar-refractivity contribution in [2.75, 3.05) is 6.61 Å². The summed E-state index contributed by atoms with van der Waals surface area (Å²) in [5.41, 5.74) is 0. The minimum atomic E-state index is -8.02. The maximum absolute atomic E-state index is 13.1. The molecule has 18 heteroatoms. The molecule has 158 valence electrons. The summed E-state index contributed by atoms with van der Waals surface area (Å²) in [7, 11) is -5.61. The molecule has 0 aromatic heterocycles. The summed E-state index contributed by atoms with van der Waals surface area (Å²) in [5, 5.41) is 0. The predicted octanol–water partition coefficient (Wildman–Crippen LogP) is 4.22. The van der Waals surface area contributed by atoms with Crippen LogP contribution in [0.25, 0.3) is 0 Å². The van der Waals surface area contributed by atoms with Crippen LogP contribution in [0.5, 0.6) is 0 Å². The Balaban J connectivity index is 5.89. The van der Waals surface area contributed by atoms with Crippen LogP contribution in [0.2, 0.25) is 0 Å². The zero-order valence-electron chi connectivity index (χ0n) is 11.5. The highest BCUT2D eigenvalue weighted by molar-refractivity contribution is 7.46. The van der Waals surface area contributed by atoms with E-state index in [1.165, 1.54) is 0 Å². The van der Waals surface area contributed by atoms with Gasteiger partial charge in [-0.3, -0.25) is 4.52 Å². The topological polar surface area (TPSA) is 66.8 Å². The van der Waals surface area contributed by atoms with Crippen molar-refractivity contribution < 1.29 is 76.0 Å². The van der Waals surface area contributed by atoms with Crippen LogP contribution >= 0.6 is 7.82 Å². The highest BCUT2D eigenvalue weighted by Crippen LogP contribution is 2.60. The molecule has 26 heavy (non-hydrogen) atoms. The first-order valence-corrected chi connectivity index (χ1v) is 7.14. The van der Waals surface area contributed by atoms with Crippen molar-refractivity contribution in [1.29, 1.82) is 0 Å². The van der Waals surface area contributed by atoms with E-state index in [0.717, 1.165) is 0 Å². The van der Waals surface area contributed by atoms with Crippen molar-refractivity contribution in [2.24, 2.45) is 0 Å². The van der Waals surface area contributed by atoms with Gasteiger partial charge in [-0.1, -0.05) is 0 Å². The smallest absolute Gasteiger partial charge is 0.303 e. The van der Waals surface area contributed by atoms with Crippen LogP contribution in [0.15, 0.2) is 0 Å². The summed E-state index contributed by atoms with van der Waals surface area (Å²) in [6, 6.07) is 0. The van der Waals surface area contributed by atoms with E-state index in [1.807, 2.05) is 0 Å². The highest BCUT2D eigenvalue weighted by atomic mass is 31.2. The van der Waals surface area contributed by atoms with E-state index < -0.39 is 56.6 Å². The molecule has 0 aliphatic rings. The Morgan fingerprint density at radius 3 is 1.31 bits per heavy atom. The average molecular weight is 444 g/mol. The molecule has 0 aromatic carbocycles. The molecule has 0 spiro atoms. The summed E-state index contributed by atoms with van der Waals surface area (Å²) in [6.07, 6.45) is -10.3. The maximum atomic E-state index is 13.1. The second-order valence-electron chi connectivity index (χ2n) is 4.57. The molecule has 0 aliphatic heterocycles. The second kappa shape index (κ2) is 6.67. The molecule has 2 N–H and O–H groups in total. The van der Waals surface area contributed by atoms with E-state index in [4.69, 9.17) is 9.79 Å². The molecule has 0 radical (unpaired) electrons. The number of phosphoric ester groups is 1. The standard InChI is InChI=1S/C8H6F13O4P/c9-3(10,1-2-25-26(22,23)24)4(11,12)5(13,14)6(15,16)7(17,18)8(19,20)21/h1-2H2,(H2,22,23,24). The molecule has 0 unspecified atom stereocenters. The lowest BCUT2D eigenvalue weighted by Gasteiger charge is -2.39. The van der Waals surface area contributed by atoms with E-state index in [-0.39, 0.29) is 0 Å². The summed E-state index contributed by atoms with van der Waals surface area (Å²) < 4.78 is 178. The molecule has 0 fully saturated rings. The largest absolute Gasteiger partial charge is 0.469 e. The third-order valence-electron chi connectivity index (χ3n) is 2.67. The highest BCUT2D eigenvalue weighted by Gasteiger charge is 2.90. The molecule has 0 atom stereocenters. The van der Waals surface area contributed by atoms with Crippen molar-refractivity contribution in [2.45, 2.75) is 42.2 Å². The van der Waals surface area contributed by atoms with Crippen LogP contribution in [-0.2, 0) is 9.09 Å². The van der Waals surface area contributed by atoms with Crippen LogP contribution in [-0.4, -0.2) is 52.2 Å². The van der Waals surface area contributed by atoms with Crippen LogP contribution in [0, 0.1) is 0 Å². The van der Waals surface area contributed by atoms with Gasteiger partial charge in [-0.15, -0.1) is 0 Å². The van der Waals surface area contributed by atoms with Crippen molar-refractivity contribution in [3.63, 3.8) is 0 Å². The molecule has 0 aromatic rings. The van der Waals surface area contributed by atoms with Gasteiger partial charge in [-0.25, -0.2) is 4.57 Å². The third kappa shape index (κ3) is 4.20. The minimum absolute atomic E-state index is 2.16. The molecular weight excluding hydrogens is 438 g/mol. The lowest BCUT2D eigenvalue weighted by atomic mass is 9.93. The number of hydrogen-bond donors (Lipinski definition) is 2. The Hall–Kier alpha value is -0.800. The molecule has 0 amide bonds. The number of phosphoric acid groups is 1. The molecule has 0 saturated carbocycles. The fraction of sp³-hybridized carbons (Fsp3) is 1.00. The first-order valence-electron chi connectivity index (χ1n) is 5.61. The molecule has 0 rings (SSSR count). The van der Waals surface area contributed by atoms with Gasteiger partial charge in [0.05, 0.1) is 6.61 Å². The van der Waals surface area contributed by atoms with Gasteiger partial charge in [0.15, 0.2) is 0 Å². The van der Waals surface area contributed by atoms with Gasteiger partial charge in [0.2, 0.25) is 0 Å². The number of alkyl halides is 13. The summed E-state index contributed by atoms with van der Waals surface area (Å²) in [5.74, 6) is -37.7. The SMILES string of the molecule is O=P(O)(O)OCCC(F)(F)C(F)(F)C(F)(F)C(F)(F)C(F)(F)C(F)(F)F. The summed E-state index contributed by atoms with van der Waals surface area (Å²) >= 11 is 0. The Kier molecular flexibility index (Phi) is 6.46. The average Bonchev–Trinajstić information content (AvgIpc) is 2.34. The lowest BCUT2D eigenvalue weighted by Crippen LogP contribution is -2.70. The number of hydrogen-bond acceptors (Lipinski definition) is 2. The van der Waals surface area contributed by atoms with Crippen molar-refractivity contribution in [3.8, 4) is 0 Å². The molecule has 0 aliphatic carbocycles. The Labute approximate surface area is 134 Å². The van der Waals surface area contributed by atoms with Gasteiger partial charge in [-0.2, -0.15) is 57.1 Å². The van der Waals surface area contributed by atoms with Gasteiger partial charge in [0.1, 0.15) is 0 Å². The van der Waals surface area contributed by atoms with Crippen LogP contribution in [0.3, 0.4) is 0 Å². The molecule has 0 bridgehead atoms. The summed E-state index contributed by atoms with van der Waals surface area (Å²) in [4.78, 5) is 16.1. The zero-order chi connectivity index (χ0) is 21.6. The molecule has 0 heterocycles. The normalized spacial score (nSPS) is 16.1. The van der Waals surface area contributed by atoms with E-state index in [2.05, 4.69) is 4.52 Å². The van der Waals surface area contributed by atoms with Gasteiger partial charge in [-0.05, 0) is 0 Å². The van der Waals surface area contributed by atoms with E-state index in [1.54, 1.807) is 0 Å². The zero-order valence-corrected chi connectivity index (χ0v) is 12.4. The fourth-order valence-corrected chi connectivity index (χ4v) is 1.58. The molecule has 4 nitrogen and oxygen atoms in total. The molecular formula is C8H6F13O4P. The Morgan fingerprint density at radius 1 is 0.654 bits per heavy atom. The lowest BCUT2D eigenvalue weighted by molar-refractivity contribution is -0.440. The van der Waals surface area contributed by atoms with Crippen molar-refractivity contribution >= 4 is 7.82 Å². The maximum Gasteiger partial charge on any atom is 0.469 e. The van der Waals surface area contributed by atoms with Crippen LogP contribution < -0.4 is 0 Å². The first kappa shape index (κ1) is 25.2. The van der Waals surface area contributed by atoms with Crippen LogP contribution in [0.1, 0.15) is 6.42 Å². The first-order chi connectivity index (χ1) is 11.0. The fourth-order valence-electron chi connectivity index (χ4n) is 1.25. The van der Waals surface area contributed by atoms with Gasteiger partial charge < -0.3 is 9.79 Å². The quantitative estimate of drug-likeness (QED) is 0.435. The Morgan fingerprint density at radius 2 is 1.00 bits per heavy atom. The minimum Gasteiger partial charge on any atom is -0.303 e. The number of rotatable bonds is 8. The predicted molar refractivity (Wildman–Crippen MR) is 53.4 cm³/mol. The van der Waals surface area contributed by atoms with E-state index >= 15 is 0 Å². The third-order valence-corrected chi connectivity index (χ3v) is 3.19.